The van der Waals surface area contributed by atoms with Crippen LogP contribution in [0.4, 0.5) is 5.69 Å². The first-order valence-corrected chi connectivity index (χ1v) is 9.75. The zero-order valence-corrected chi connectivity index (χ0v) is 15.3. The van der Waals surface area contributed by atoms with E-state index < -0.39 is 0 Å². The number of nitrogens with zero attached hydrogens (tertiary/aromatic N) is 1. The largest absolute Gasteiger partial charge is 0.361 e. The van der Waals surface area contributed by atoms with Gasteiger partial charge in [-0.25, -0.2) is 4.99 Å². The number of rotatable bonds is 3. The summed E-state index contributed by atoms with van der Waals surface area (Å²) in [5.74, 6) is 0.0178. The molecule has 4 aromatic rings. The first-order chi connectivity index (χ1) is 13.3. The van der Waals surface area contributed by atoms with Crippen LogP contribution in [-0.2, 0) is 11.2 Å². The lowest BCUT2D eigenvalue weighted by Gasteiger charge is -2.04. The van der Waals surface area contributed by atoms with Gasteiger partial charge in [-0.05, 0) is 29.5 Å². The van der Waals surface area contributed by atoms with Crippen LogP contribution in [0.25, 0.3) is 21.7 Å². The van der Waals surface area contributed by atoms with Gasteiger partial charge in [-0.15, -0.1) is 0 Å². The summed E-state index contributed by atoms with van der Waals surface area (Å²) in [6.45, 7) is 0. The number of hydrogen-bond acceptors (Lipinski definition) is 3. The average Bonchev–Trinajstić information content (AvgIpc) is 3.26. The van der Waals surface area contributed by atoms with E-state index in [2.05, 4.69) is 34.6 Å². The highest BCUT2D eigenvalue weighted by atomic mass is 32.2. The molecule has 5 rings (SSSR count). The number of nitrogens with one attached hydrogen (secondary N) is 2. The van der Waals surface area contributed by atoms with Crippen LogP contribution in [0.1, 0.15) is 5.56 Å². The van der Waals surface area contributed by atoms with E-state index >= 15 is 0 Å². The molecule has 2 N–H and O–H groups in total. The highest BCUT2D eigenvalue weighted by Gasteiger charge is 2.31. The summed E-state index contributed by atoms with van der Waals surface area (Å²) in [4.78, 5) is 20.5. The highest BCUT2D eigenvalue weighted by molar-refractivity contribution is 8.15. The fourth-order valence-electron chi connectivity index (χ4n) is 3.51. The van der Waals surface area contributed by atoms with Crippen LogP contribution in [0.15, 0.2) is 77.9 Å². The number of carbonyl (C=O) groups is 1. The molecule has 0 saturated carbocycles. The summed E-state index contributed by atoms with van der Waals surface area (Å²) in [5.41, 5.74) is 3.13. The number of amidine groups is 1. The molecule has 1 saturated heterocycles. The van der Waals surface area contributed by atoms with Crippen molar-refractivity contribution in [3.8, 4) is 0 Å². The Morgan fingerprint density at radius 3 is 2.63 bits per heavy atom. The van der Waals surface area contributed by atoms with Crippen molar-refractivity contribution >= 4 is 50.2 Å². The van der Waals surface area contributed by atoms with Crippen LogP contribution in [0.3, 0.4) is 0 Å². The van der Waals surface area contributed by atoms with Crippen molar-refractivity contribution in [2.24, 2.45) is 4.99 Å². The summed E-state index contributed by atoms with van der Waals surface area (Å²) in [6.07, 6.45) is 2.67. The molecule has 3 aromatic carbocycles. The molecule has 0 radical (unpaired) electrons. The molecule has 0 bridgehead atoms. The van der Waals surface area contributed by atoms with Crippen LogP contribution < -0.4 is 5.32 Å². The number of aromatic nitrogens is 1. The van der Waals surface area contributed by atoms with E-state index in [0.717, 1.165) is 27.5 Å². The fourth-order valence-corrected chi connectivity index (χ4v) is 4.52. The number of benzene rings is 3. The minimum atomic E-state index is -0.169. The second-order valence-corrected chi connectivity index (χ2v) is 7.77. The Kier molecular flexibility index (Phi) is 3.94. The Labute approximate surface area is 160 Å². The Morgan fingerprint density at radius 2 is 1.70 bits per heavy atom. The van der Waals surface area contributed by atoms with E-state index in [1.807, 2.05) is 48.7 Å². The molecule has 1 aliphatic heterocycles. The normalized spacial score (nSPS) is 18.4. The third-order valence-corrected chi connectivity index (χ3v) is 5.93. The Morgan fingerprint density at radius 1 is 0.926 bits per heavy atom. The van der Waals surface area contributed by atoms with Gasteiger partial charge in [0.2, 0.25) is 5.91 Å². The zero-order valence-electron chi connectivity index (χ0n) is 14.5. The standard InChI is InChI=1S/C22H17N3OS/c26-21-20(12-15-13-23-18-10-4-3-9-17(15)18)27-22(25-21)24-19-11-5-7-14-6-1-2-8-16(14)19/h1-11,13,20,23H,12H2,(H,24,25,26). The van der Waals surface area contributed by atoms with Gasteiger partial charge in [-0.2, -0.15) is 0 Å². The number of aromatic amines is 1. The van der Waals surface area contributed by atoms with E-state index in [4.69, 9.17) is 4.99 Å². The first kappa shape index (κ1) is 16.1. The monoisotopic (exact) mass is 371 g/mol. The van der Waals surface area contributed by atoms with Gasteiger partial charge < -0.3 is 10.3 Å². The van der Waals surface area contributed by atoms with Crippen molar-refractivity contribution in [3.63, 3.8) is 0 Å². The number of thioether (sulfide) groups is 1. The lowest BCUT2D eigenvalue weighted by Crippen LogP contribution is -2.25. The number of fused-ring (bicyclic) bond motifs is 2. The van der Waals surface area contributed by atoms with E-state index in [1.54, 1.807) is 0 Å². The molecule has 4 nitrogen and oxygen atoms in total. The summed E-state index contributed by atoms with van der Waals surface area (Å²) >= 11 is 1.50. The Bertz CT molecular complexity index is 1190. The van der Waals surface area contributed by atoms with Crippen LogP contribution in [0.2, 0.25) is 0 Å². The van der Waals surface area contributed by atoms with Gasteiger partial charge >= 0.3 is 0 Å². The first-order valence-electron chi connectivity index (χ1n) is 8.87. The maximum absolute atomic E-state index is 12.5. The lowest BCUT2D eigenvalue weighted by atomic mass is 10.1. The number of H-pyrrole nitrogens is 1. The zero-order chi connectivity index (χ0) is 18.2. The van der Waals surface area contributed by atoms with E-state index in [1.165, 1.54) is 17.1 Å². The molecule has 1 aromatic heterocycles. The molecule has 1 atom stereocenters. The summed E-state index contributed by atoms with van der Waals surface area (Å²) in [6, 6.07) is 22.4. The average molecular weight is 371 g/mol. The lowest BCUT2D eigenvalue weighted by molar-refractivity contribution is -0.118. The molecule has 0 spiro atoms. The number of hydrogen-bond donors (Lipinski definition) is 2. The molecule has 27 heavy (non-hydrogen) atoms. The number of amides is 1. The van der Waals surface area contributed by atoms with Gasteiger partial charge in [0.25, 0.3) is 0 Å². The van der Waals surface area contributed by atoms with Crippen LogP contribution in [-0.4, -0.2) is 21.3 Å². The van der Waals surface area contributed by atoms with Crippen molar-refractivity contribution in [2.75, 3.05) is 0 Å². The highest BCUT2D eigenvalue weighted by Crippen LogP contribution is 2.31. The van der Waals surface area contributed by atoms with Crippen molar-refractivity contribution in [1.82, 2.24) is 10.3 Å². The Balaban J connectivity index is 1.42. The van der Waals surface area contributed by atoms with E-state index in [0.29, 0.717) is 11.6 Å². The van der Waals surface area contributed by atoms with E-state index in [9.17, 15) is 4.79 Å². The smallest absolute Gasteiger partial charge is 0.239 e. The third-order valence-electron chi connectivity index (χ3n) is 4.85. The second kappa shape index (κ2) is 6.59. The van der Waals surface area contributed by atoms with Gasteiger partial charge in [-0.3, -0.25) is 4.79 Å². The van der Waals surface area contributed by atoms with Crippen LogP contribution in [0.5, 0.6) is 0 Å². The van der Waals surface area contributed by atoms with Gasteiger partial charge in [-0.1, -0.05) is 66.4 Å². The molecule has 5 heteroatoms. The minimum absolute atomic E-state index is 0.0178. The molecule has 1 amide bonds. The maximum atomic E-state index is 12.5. The quantitative estimate of drug-likeness (QED) is 0.544. The molecule has 1 aliphatic rings. The number of aliphatic imine (C=N–C) groups is 1. The summed E-state index contributed by atoms with van der Waals surface area (Å²) in [5, 5.41) is 6.84. The van der Waals surface area contributed by atoms with Gasteiger partial charge in [0.05, 0.1) is 10.9 Å². The maximum Gasteiger partial charge on any atom is 0.239 e. The van der Waals surface area contributed by atoms with Crippen molar-refractivity contribution in [2.45, 2.75) is 11.7 Å². The summed E-state index contributed by atoms with van der Waals surface area (Å²) < 4.78 is 0. The third kappa shape index (κ3) is 3.00. The number of carbonyl (C=O) groups excluding carboxylic acids is 1. The van der Waals surface area contributed by atoms with Crippen molar-refractivity contribution in [1.29, 1.82) is 0 Å². The molecule has 1 unspecified atom stereocenters. The summed E-state index contributed by atoms with van der Waals surface area (Å²) in [7, 11) is 0. The SMILES string of the molecule is O=C1NC(=Nc2cccc3ccccc23)SC1Cc1c[nH]c2ccccc12. The topological polar surface area (TPSA) is 57.2 Å². The molecule has 2 heterocycles. The molecule has 132 valence electrons. The molecular formula is C22H17N3OS. The van der Waals surface area contributed by atoms with E-state index in [-0.39, 0.29) is 11.2 Å². The molecular weight excluding hydrogens is 354 g/mol. The number of para-hydroxylation sites is 1. The van der Waals surface area contributed by atoms with Crippen LogP contribution in [0, 0.1) is 0 Å². The van der Waals surface area contributed by atoms with Gasteiger partial charge in [0.15, 0.2) is 5.17 Å². The minimum Gasteiger partial charge on any atom is -0.361 e. The van der Waals surface area contributed by atoms with Gasteiger partial charge in [0, 0.05) is 22.5 Å². The predicted molar refractivity (Wildman–Crippen MR) is 113 cm³/mol. The Hall–Kier alpha value is -3.05. The second-order valence-electron chi connectivity index (χ2n) is 6.57. The van der Waals surface area contributed by atoms with Crippen LogP contribution >= 0.6 is 11.8 Å². The van der Waals surface area contributed by atoms with Crippen molar-refractivity contribution in [3.05, 3.63) is 78.5 Å². The van der Waals surface area contributed by atoms with Gasteiger partial charge in [0.1, 0.15) is 0 Å². The fraction of sp³-hybridized carbons (Fsp3) is 0.0909. The molecule has 1 fully saturated rings. The van der Waals surface area contributed by atoms with Crippen molar-refractivity contribution < 1.29 is 4.79 Å². The molecule has 0 aliphatic carbocycles. The predicted octanol–water partition coefficient (Wildman–Crippen LogP) is 4.78.